The van der Waals surface area contributed by atoms with E-state index in [0.717, 1.165) is 40.2 Å². The third-order valence-electron chi connectivity index (χ3n) is 9.80. The van der Waals surface area contributed by atoms with E-state index in [9.17, 15) is 9.00 Å². The minimum Gasteiger partial charge on any atom is -0.497 e. The molecule has 2 aliphatic rings. The number of methoxy groups -OCH3 is 1. The minimum atomic E-state index is -1.29. The van der Waals surface area contributed by atoms with Crippen LogP contribution in [-0.4, -0.2) is 27.6 Å². The van der Waals surface area contributed by atoms with E-state index in [-0.39, 0.29) is 34.2 Å². The number of carbonyl (C=O) groups is 1. The number of carbonyl (C=O) groups excluding carboxylic acids is 1. The molecular formula is C42H48O3S2. The van der Waals surface area contributed by atoms with Crippen LogP contribution in [-0.2, 0) is 15.6 Å². The van der Waals surface area contributed by atoms with E-state index < -0.39 is 10.8 Å². The Morgan fingerprint density at radius 3 is 2.17 bits per heavy atom. The van der Waals surface area contributed by atoms with Gasteiger partial charge < -0.3 is 4.74 Å². The highest BCUT2D eigenvalue weighted by Crippen LogP contribution is 2.55. The van der Waals surface area contributed by atoms with Gasteiger partial charge in [0, 0.05) is 33.3 Å². The van der Waals surface area contributed by atoms with Crippen molar-refractivity contribution in [3.8, 4) is 5.75 Å². The molecule has 3 nitrogen and oxygen atoms in total. The van der Waals surface area contributed by atoms with Gasteiger partial charge in [0.2, 0.25) is 0 Å². The van der Waals surface area contributed by atoms with Gasteiger partial charge in [0.05, 0.1) is 23.2 Å². The van der Waals surface area contributed by atoms with Crippen LogP contribution in [0.4, 0.5) is 0 Å². The monoisotopic (exact) mass is 664 g/mol. The van der Waals surface area contributed by atoms with Crippen LogP contribution in [0.2, 0.25) is 0 Å². The fourth-order valence-electron chi connectivity index (χ4n) is 7.57. The highest BCUT2D eigenvalue weighted by Gasteiger charge is 2.52. The number of fused-ring (bicyclic) bond motifs is 1. The average Bonchev–Trinajstić information content (AvgIpc) is 3.10. The van der Waals surface area contributed by atoms with Crippen LogP contribution in [0.5, 0.6) is 5.75 Å². The number of thioether (sulfide) groups is 1. The van der Waals surface area contributed by atoms with E-state index in [0.29, 0.717) is 12.2 Å². The van der Waals surface area contributed by atoms with E-state index in [1.54, 1.807) is 7.11 Å². The Bertz CT molecular complexity index is 1680. The van der Waals surface area contributed by atoms with Gasteiger partial charge in [-0.2, -0.15) is 0 Å². The molecule has 0 radical (unpaired) electrons. The van der Waals surface area contributed by atoms with E-state index in [2.05, 4.69) is 92.7 Å². The minimum absolute atomic E-state index is 0.00270. The van der Waals surface area contributed by atoms with Gasteiger partial charge in [-0.3, -0.25) is 9.00 Å². The lowest BCUT2D eigenvalue weighted by molar-refractivity contribution is -0.128. The van der Waals surface area contributed by atoms with Crippen molar-refractivity contribution in [2.24, 2.45) is 11.8 Å². The molecule has 246 valence electrons. The average molecular weight is 665 g/mol. The highest BCUT2D eigenvalue weighted by atomic mass is 32.2. The Balaban J connectivity index is 0.00000213. The zero-order valence-electron chi connectivity index (χ0n) is 28.5. The molecule has 5 heteroatoms. The molecule has 2 fully saturated rings. The molecule has 0 saturated heterocycles. The number of ether oxygens (including phenoxy) is 1. The normalized spacial score (nSPS) is 24.6. The Morgan fingerprint density at radius 1 is 0.809 bits per heavy atom. The number of hydrogen-bond donors (Lipinski definition) is 0. The Kier molecular flexibility index (Phi) is 12.0. The second kappa shape index (κ2) is 16.1. The molecule has 0 aliphatic heterocycles. The maximum absolute atomic E-state index is 14.9. The molecule has 4 aromatic rings. The summed E-state index contributed by atoms with van der Waals surface area (Å²) in [7, 11) is 0.405. The second-order valence-electron chi connectivity index (χ2n) is 12.5. The van der Waals surface area contributed by atoms with Gasteiger partial charge in [-0.15, -0.1) is 11.8 Å². The van der Waals surface area contributed by atoms with Crippen molar-refractivity contribution >= 4 is 34.4 Å². The van der Waals surface area contributed by atoms with Crippen LogP contribution in [0.3, 0.4) is 0 Å². The summed E-state index contributed by atoms with van der Waals surface area (Å²) in [5.41, 5.74) is 5.88. The van der Waals surface area contributed by atoms with E-state index in [4.69, 9.17) is 4.74 Å². The van der Waals surface area contributed by atoms with E-state index in [1.165, 1.54) is 16.0 Å². The summed E-state index contributed by atoms with van der Waals surface area (Å²) < 4.78 is 20.4. The number of hydrogen-bond acceptors (Lipinski definition) is 4. The van der Waals surface area contributed by atoms with E-state index >= 15 is 0 Å². The van der Waals surface area contributed by atoms with Crippen molar-refractivity contribution in [1.82, 2.24) is 0 Å². The van der Waals surface area contributed by atoms with Crippen molar-refractivity contribution in [3.05, 3.63) is 131 Å². The number of aryl methyl sites for hydroxylation is 2. The van der Waals surface area contributed by atoms with Crippen molar-refractivity contribution in [2.45, 2.75) is 86.0 Å². The Morgan fingerprint density at radius 2 is 1.51 bits per heavy atom. The lowest BCUT2D eigenvalue weighted by atomic mass is 9.61. The predicted octanol–water partition coefficient (Wildman–Crippen LogP) is 10.6. The smallest absolute Gasteiger partial charge is 0.136 e. The number of ketones is 1. The van der Waals surface area contributed by atoms with Crippen LogP contribution < -0.4 is 4.74 Å². The van der Waals surface area contributed by atoms with Crippen molar-refractivity contribution < 1.29 is 13.7 Å². The lowest BCUT2D eigenvalue weighted by Crippen LogP contribution is -2.50. The number of benzene rings is 4. The molecule has 0 amide bonds. The van der Waals surface area contributed by atoms with E-state index in [1.807, 2.05) is 62.9 Å². The zero-order chi connectivity index (χ0) is 33.5. The summed E-state index contributed by atoms with van der Waals surface area (Å²) in [6.45, 7) is 10.2. The van der Waals surface area contributed by atoms with Gasteiger partial charge in [0.25, 0.3) is 0 Å². The van der Waals surface area contributed by atoms with Gasteiger partial charge in [-0.25, -0.2) is 0 Å². The largest absolute Gasteiger partial charge is 0.497 e. The summed E-state index contributed by atoms with van der Waals surface area (Å²) in [5, 5.41) is 0.0539. The maximum atomic E-state index is 14.9. The molecule has 2 aliphatic carbocycles. The van der Waals surface area contributed by atoms with Gasteiger partial charge in [0.15, 0.2) is 0 Å². The first-order valence-electron chi connectivity index (χ1n) is 17.0. The molecule has 0 heterocycles. The summed E-state index contributed by atoms with van der Waals surface area (Å²) in [6.07, 6.45) is 6.24. The molecular weight excluding hydrogens is 617 g/mol. The number of allylic oxidation sites excluding steroid dienone is 1. The third kappa shape index (κ3) is 7.68. The third-order valence-corrected chi connectivity index (χ3v) is 13.1. The highest BCUT2D eigenvalue weighted by molar-refractivity contribution is 8.00. The van der Waals surface area contributed by atoms with Gasteiger partial charge >= 0.3 is 0 Å². The molecule has 0 bridgehead atoms. The first-order valence-corrected chi connectivity index (χ1v) is 19.0. The molecule has 6 rings (SSSR count). The molecule has 0 N–H and O–H groups in total. The number of Topliss-reactive ketones (excluding diaryl/α,β-unsaturated/α-hetero) is 1. The summed E-state index contributed by atoms with van der Waals surface area (Å²) in [4.78, 5) is 16.4. The van der Waals surface area contributed by atoms with Crippen molar-refractivity contribution in [2.75, 3.05) is 7.11 Å². The molecule has 0 aromatic heterocycles. The Labute approximate surface area is 288 Å². The fourth-order valence-corrected chi connectivity index (χ4v) is 10.8. The fraction of sp³-hybridized carbons (Fsp3) is 0.357. The molecule has 4 aromatic carbocycles. The summed E-state index contributed by atoms with van der Waals surface area (Å²) >= 11 is 1.88. The molecule has 7 atom stereocenters. The van der Waals surface area contributed by atoms with Crippen LogP contribution in [0.1, 0.15) is 79.7 Å². The molecule has 2 saturated carbocycles. The molecule has 5 unspecified atom stereocenters. The van der Waals surface area contributed by atoms with Crippen LogP contribution in [0.15, 0.2) is 113 Å². The van der Waals surface area contributed by atoms with Gasteiger partial charge in [0.1, 0.15) is 11.5 Å². The van der Waals surface area contributed by atoms with Crippen LogP contribution >= 0.6 is 11.8 Å². The second-order valence-corrected chi connectivity index (χ2v) is 15.4. The maximum Gasteiger partial charge on any atom is 0.136 e. The SMILES string of the molecule is C/C=C\c1c(C)cccc1C1CC(=O)[C@@H]2CC(Sc3ccccc3)C(c3ccc(OC)cc3)C[C@@H]2C1S(=O)c1ccc(C)cc1.CC. The molecule has 47 heavy (non-hydrogen) atoms. The first kappa shape index (κ1) is 34.9. The predicted molar refractivity (Wildman–Crippen MR) is 199 cm³/mol. The van der Waals surface area contributed by atoms with Crippen molar-refractivity contribution in [3.63, 3.8) is 0 Å². The summed E-state index contributed by atoms with van der Waals surface area (Å²) in [6, 6.07) is 33.5. The van der Waals surface area contributed by atoms with Crippen molar-refractivity contribution in [1.29, 1.82) is 0 Å². The van der Waals surface area contributed by atoms with Gasteiger partial charge in [-0.05, 0) is 104 Å². The van der Waals surface area contributed by atoms with Crippen LogP contribution in [0.25, 0.3) is 6.08 Å². The standard InChI is InChI=1S/C40H42O3S2.C2H6/c1-5-10-32-27(3)11-9-14-33(32)37-24-38(41)35-25-39(44-30-12-7-6-8-13-30)34(28-17-19-29(43-4)20-18-28)23-36(35)40(37)45(42)31-21-15-26(2)16-22-31;1-2/h5-22,34-37,39-40H,23-25H2,1-4H3;1-2H3/b10-5-;/t34?,35-,36+,37?,39?,40?,45?;/m1./s1. The quantitative estimate of drug-likeness (QED) is 0.188. The summed E-state index contributed by atoms with van der Waals surface area (Å²) in [5.74, 6) is 1.12. The Hall–Kier alpha value is -3.41. The first-order chi connectivity index (χ1) is 22.9. The van der Waals surface area contributed by atoms with Gasteiger partial charge in [-0.1, -0.05) is 92.2 Å². The lowest BCUT2D eigenvalue weighted by Gasteiger charge is -2.49. The molecule has 0 spiro atoms. The number of rotatable bonds is 8. The zero-order valence-corrected chi connectivity index (χ0v) is 30.2. The topological polar surface area (TPSA) is 43.4 Å². The van der Waals surface area contributed by atoms with Crippen LogP contribution in [0, 0.1) is 25.7 Å².